The van der Waals surface area contributed by atoms with E-state index in [1.165, 1.54) is 16.7 Å². The fraction of sp³-hybridized carbons (Fsp3) is 0.542. The summed E-state index contributed by atoms with van der Waals surface area (Å²) >= 11 is 0. The average Bonchev–Trinajstić information content (AvgIpc) is 3.06. The van der Waals surface area contributed by atoms with E-state index in [0.717, 1.165) is 31.2 Å². The molecule has 148 valence electrons. The molecule has 0 amide bonds. The number of hydrogen-bond donors (Lipinski definition) is 0. The molecule has 3 heteroatoms. The van der Waals surface area contributed by atoms with Crippen molar-refractivity contribution in [3.8, 4) is 0 Å². The SMILES string of the molecule is CC.CC(=O)CC(C)COC1CCC2=C(CC(c3ccc(C)c(F)c3)=C2)C1. The summed E-state index contributed by atoms with van der Waals surface area (Å²) in [5.74, 6) is 0.365. The second-order valence-electron chi connectivity index (χ2n) is 7.65. The van der Waals surface area contributed by atoms with Crippen LogP contribution in [0.3, 0.4) is 0 Å². The number of carbonyl (C=O) groups is 1. The van der Waals surface area contributed by atoms with Gasteiger partial charge in [-0.3, -0.25) is 0 Å². The Morgan fingerprint density at radius 1 is 1.33 bits per heavy atom. The van der Waals surface area contributed by atoms with Crippen molar-refractivity contribution in [3.63, 3.8) is 0 Å². The standard InChI is InChI=1S/C22H27FO2.C2H6/c1-14(8-16(3)24)13-25-21-7-6-17-9-19(10-20(17)11-21)18-5-4-15(2)22(23)12-18;1-2/h4-5,9,12,14,21H,6-8,10-11,13H2,1-3H3;1-2H3. The molecule has 0 radical (unpaired) electrons. The second kappa shape index (κ2) is 9.98. The molecule has 0 saturated carbocycles. The third-order valence-electron chi connectivity index (χ3n) is 5.21. The molecule has 1 aromatic rings. The molecule has 2 unspecified atom stereocenters. The Balaban J connectivity index is 0.00000126. The van der Waals surface area contributed by atoms with Crippen LogP contribution in [-0.2, 0) is 9.53 Å². The van der Waals surface area contributed by atoms with Crippen LogP contribution in [0.15, 0.2) is 35.4 Å². The minimum Gasteiger partial charge on any atom is -0.378 e. The Bertz CT molecular complexity index is 730. The van der Waals surface area contributed by atoms with Crippen molar-refractivity contribution in [3.05, 3.63) is 52.4 Å². The molecule has 0 heterocycles. The Hall–Kier alpha value is -1.74. The van der Waals surface area contributed by atoms with Crippen LogP contribution in [0, 0.1) is 18.7 Å². The van der Waals surface area contributed by atoms with Gasteiger partial charge in [-0.05, 0) is 73.8 Å². The Morgan fingerprint density at radius 3 is 2.74 bits per heavy atom. The maximum atomic E-state index is 13.8. The van der Waals surface area contributed by atoms with Crippen molar-refractivity contribution in [2.45, 2.75) is 72.8 Å². The van der Waals surface area contributed by atoms with E-state index in [1.54, 1.807) is 19.9 Å². The number of benzene rings is 1. The van der Waals surface area contributed by atoms with Gasteiger partial charge >= 0.3 is 0 Å². The Kier molecular flexibility index (Phi) is 7.97. The molecule has 0 bridgehead atoms. The monoisotopic (exact) mass is 372 g/mol. The summed E-state index contributed by atoms with van der Waals surface area (Å²) in [7, 11) is 0. The highest BCUT2D eigenvalue weighted by Gasteiger charge is 2.26. The first-order valence-corrected chi connectivity index (χ1v) is 10.2. The molecule has 2 aliphatic rings. The van der Waals surface area contributed by atoms with Gasteiger partial charge in [0.2, 0.25) is 0 Å². The summed E-state index contributed by atoms with van der Waals surface area (Å²) in [6, 6.07) is 5.52. The lowest BCUT2D eigenvalue weighted by molar-refractivity contribution is -0.118. The van der Waals surface area contributed by atoms with Crippen LogP contribution >= 0.6 is 0 Å². The minimum atomic E-state index is -0.135. The van der Waals surface area contributed by atoms with Crippen molar-refractivity contribution in [1.29, 1.82) is 0 Å². The zero-order valence-corrected chi connectivity index (χ0v) is 17.4. The maximum Gasteiger partial charge on any atom is 0.130 e. The molecule has 2 nitrogen and oxygen atoms in total. The first-order valence-electron chi connectivity index (χ1n) is 10.2. The summed E-state index contributed by atoms with van der Waals surface area (Å²) in [6.07, 6.45) is 6.99. The average molecular weight is 373 g/mol. The van der Waals surface area contributed by atoms with Gasteiger partial charge in [0.15, 0.2) is 0 Å². The first-order chi connectivity index (χ1) is 12.9. The predicted octanol–water partition coefficient (Wildman–Crippen LogP) is 6.43. The lowest BCUT2D eigenvalue weighted by Gasteiger charge is -2.25. The number of hydrogen-bond acceptors (Lipinski definition) is 2. The molecule has 1 aromatic carbocycles. The third kappa shape index (κ3) is 5.87. The van der Waals surface area contributed by atoms with Crippen LogP contribution in [-0.4, -0.2) is 18.5 Å². The minimum absolute atomic E-state index is 0.135. The van der Waals surface area contributed by atoms with E-state index in [4.69, 9.17) is 4.74 Å². The maximum absolute atomic E-state index is 13.8. The Labute approximate surface area is 163 Å². The predicted molar refractivity (Wildman–Crippen MR) is 110 cm³/mol. The van der Waals surface area contributed by atoms with Crippen molar-refractivity contribution < 1.29 is 13.9 Å². The lowest BCUT2D eigenvalue weighted by Crippen LogP contribution is -2.21. The van der Waals surface area contributed by atoms with E-state index >= 15 is 0 Å². The van der Waals surface area contributed by atoms with Gasteiger partial charge in [0.25, 0.3) is 0 Å². The van der Waals surface area contributed by atoms with Crippen molar-refractivity contribution in [2.24, 2.45) is 5.92 Å². The molecule has 0 N–H and O–H groups in total. The summed E-state index contributed by atoms with van der Waals surface area (Å²) in [6.45, 7) is 10.1. The van der Waals surface area contributed by atoms with Gasteiger partial charge in [-0.25, -0.2) is 4.39 Å². The summed E-state index contributed by atoms with van der Waals surface area (Å²) in [4.78, 5) is 11.2. The summed E-state index contributed by atoms with van der Waals surface area (Å²) in [5, 5.41) is 0. The fourth-order valence-electron chi connectivity index (χ4n) is 3.82. The van der Waals surface area contributed by atoms with Crippen LogP contribution in [0.4, 0.5) is 4.39 Å². The largest absolute Gasteiger partial charge is 0.378 e. The van der Waals surface area contributed by atoms with Gasteiger partial charge in [-0.1, -0.05) is 44.6 Å². The van der Waals surface area contributed by atoms with E-state index in [1.807, 2.05) is 26.0 Å². The van der Waals surface area contributed by atoms with Crippen LogP contribution < -0.4 is 0 Å². The zero-order valence-electron chi connectivity index (χ0n) is 17.4. The number of rotatable bonds is 6. The molecule has 0 spiro atoms. The number of ether oxygens (including phenoxy) is 1. The molecule has 27 heavy (non-hydrogen) atoms. The number of aryl methyl sites for hydroxylation is 1. The molecule has 2 aliphatic carbocycles. The molecule has 0 aliphatic heterocycles. The van der Waals surface area contributed by atoms with Crippen LogP contribution in [0.25, 0.3) is 5.57 Å². The highest BCUT2D eigenvalue weighted by molar-refractivity contribution is 5.75. The molecule has 0 fully saturated rings. The quantitative estimate of drug-likeness (QED) is 0.575. The van der Waals surface area contributed by atoms with Gasteiger partial charge in [-0.2, -0.15) is 0 Å². The fourth-order valence-corrected chi connectivity index (χ4v) is 3.82. The Morgan fingerprint density at radius 2 is 2.07 bits per heavy atom. The van der Waals surface area contributed by atoms with Crippen LogP contribution in [0.2, 0.25) is 0 Å². The topological polar surface area (TPSA) is 26.3 Å². The zero-order chi connectivity index (χ0) is 20.0. The van der Waals surface area contributed by atoms with Gasteiger partial charge in [0, 0.05) is 13.0 Å². The van der Waals surface area contributed by atoms with Crippen molar-refractivity contribution >= 4 is 11.4 Å². The molecule has 0 aromatic heterocycles. The van der Waals surface area contributed by atoms with Gasteiger partial charge < -0.3 is 9.53 Å². The number of carbonyl (C=O) groups excluding carboxylic acids is 1. The van der Waals surface area contributed by atoms with Crippen LogP contribution in [0.1, 0.15) is 70.9 Å². The van der Waals surface area contributed by atoms with E-state index in [2.05, 4.69) is 13.0 Å². The number of halogens is 1. The normalized spacial score (nSPS) is 19.8. The molecular weight excluding hydrogens is 339 g/mol. The van der Waals surface area contributed by atoms with Crippen molar-refractivity contribution in [2.75, 3.05) is 6.61 Å². The highest BCUT2D eigenvalue weighted by Crippen LogP contribution is 2.41. The highest BCUT2D eigenvalue weighted by atomic mass is 19.1. The second-order valence-corrected chi connectivity index (χ2v) is 7.65. The van der Waals surface area contributed by atoms with E-state index < -0.39 is 0 Å². The number of Topliss-reactive ketones (excluding diaryl/α,β-unsaturated/α-hetero) is 1. The van der Waals surface area contributed by atoms with E-state index in [-0.39, 0.29) is 23.6 Å². The molecule has 2 atom stereocenters. The van der Waals surface area contributed by atoms with Crippen LogP contribution in [0.5, 0.6) is 0 Å². The third-order valence-corrected chi connectivity index (χ3v) is 5.21. The van der Waals surface area contributed by atoms with E-state index in [9.17, 15) is 9.18 Å². The van der Waals surface area contributed by atoms with Gasteiger partial charge in [-0.15, -0.1) is 0 Å². The van der Waals surface area contributed by atoms with E-state index in [0.29, 0.717) is 18.6 Å². The molecular formula is C24H33FO2. The number of ketones is 1. The lowest BCUT2D eigenvalue weighted by atomic mass is 9.91. The molecule has 0 saturated heterocycles. The number of allylic oxidation sites excluding steroid dienone is 3. The van der Waals surface area contributed by atoms with Gasteiger partial charge in [0.1, 0.15) is 11.6 Å². The molecule has 3 rings (SSSR count). The summed E-state index contributed by atoms with van der Waals surface area (Å²) < 4.78 is 19.9. The first kappa shape index (κ1) is 21.6. The van der Waals surface area contributed by atoms with Gasteiger partial charge in [0.05, 0.1) is 6.10 Å². The van der Waals surface area contributed by atoms with Crippen molar-refractivity contribution in [1.82, 2.24) is 0 Å². The smallest absolute Gasteiger partial charge is 0.130 e. The summed E-state index contributed by atoms with van der Waals surface area (Å²) in [5.41, 5.74) is 5.74.